The van der Waals surface area contributed by atoms with Gasteiger partial charge in [0.05, 0.1) is 29.6 Å². The second kappa shape index (κ2) is 11.9. The lowest BCUT2D eigenvalue weighted by molar-refractivity contribution is -0.137. The first kappa shape index (κ1) is 27.4. The summed E-state index contributed by atoms with van der Waals surface area (Å²) < 4.78 is 10.7. The molecule has 0 bridgehead atoms. The average molecular weight is 574 g/mol. The number of oxazole rings is 1. The third-order valence-electron chi connectivity index (χ3n) is 6.07. The zero-order chi connectivity index (χ0) is 28.9. The third-order valence-corrected chi connectivity index (χ3v) is 6.40. The van der Waals surface area contributed by atoms with Crippen molar-refractivity contribution in [2.45, 2.75) is 25.8 Å². The summed E-state index contributed by atoms with van der Waals surface area (Å²) in [4.78, 5) is 41.0. The maximum atomic E-state index is 12.7. The fourth-order valence-corrected chi connectivity index (χ4v) is 4.31. The van der Waals surface area contributed by atoms with E-state index < -0.39 is 17.9 Å². The molecular weight excluding hydrogens is 550 g/mol. The summed E-state index contributed by atoms with van der Waals surface area (Å²) in [5.41, 5.74) is 3.64. The average Bonchev–Trinajstić information content (AvgIpc) is 3.55. The number of aryl methyl sites for hydroxylation is 1. The zero-order valence-corrected chi connectivity index (χ0v) is 22.4. The Labute approximate surface area is 238 Å². The van der Waals surface area contributed by atoms with Crippen LogP contribution in [0, 0.1) is 6.92 Å². The molecule has 0 aliphatic heterocycles. The summed E-state index contributed by atoms with van der Waals surface area (Å²) in [6.07, 6.45) is -0.255. The first-order valence-corrected chi connectivity index (χ1v) is 12.9. The number of rotatable bonds is 10. The van der Waals surface area contributed by atoms with Gasteiger partial charge < -0.3 is 30.0 Å². The number of fused-ring (bicyclic) bond motifs is 1. The maximum Gasteiger partial charge on any atom is 0.305 e. The van der Waals surface area contributed by atoms with E-state index in [9.17, 15) is 19.5 Å². The third kappa shape index (κ3) is 6.89. The molecular formula is C29H24ClN5O6. The summed E-state index contributed by atoms with van der Waals surface area (Å²) >= 11 is 6.19. The van der Waals surface area contributed by atoms with Gasteiger partial charge in [-0.15, -0.1) is 0 Å². The van der Waals surface area contributed by atoms with E-state index in [4.69, 9.17) is 20.5 Å². The minimum absolute atomic E-state index is 0.0540. The Morgan fingerprint density at radius 3 is 2.51 bits per heavy atom. The minimum Gasteiger partial charge on any atom is -0.481 e. The standard InChI is InChI=1S/C29H24ClN5O6/c1-16-12-24(35-41-16)28(39)32-23(15-27(37)38)18-7-9-19(10-8-18)31-26(36)14-17-6-11-22-25(13-17)40-29(34-22)33-21-5-3-2-4-20(21)30/h2-13,23H,14-15H2,1H3,(H,31,36)(H,32,39)(H,33,34)(H,37,38)/t23-/m1/s1. The Kier molecular flexibility index (Phi) is 7.97. The molecule has 0 spiro atoms. The van der Waals surface area contributed by atoms with E-state index in [2.05, 4.69) is 26.1 Å². The molecule has 3 aromatic carbocycles. The molecule has 208 valence electrons. The van der Waals surface area contributed by atoms with Crippen LogP contribution < -0.4 is 16.0 Å². The molecule has 0 fully saturated rings. The van der Waals surface area contributed by atoms with Crippen LogP contribution >= 0.6 is 11.6 Å². The van der Waals surface area contributed by atoms with Crippen molar-refractivity contribution in [3.05, 3.63) is 100 Å². The highest BCUT2D eigenvalue weighted by atomic mass is 35.5. The van der Waals surface area contributed by atoms with Crippen LogP contribution in [0.2, 0.25) is 5.02 Å². The van der Waals surface area contributed by atoms with Gasteiger partial charge in [0.1, 0.15) is 11.3 Å². The Morgan fingerprint density at radius 1 is 1.02 bits per heavy atom. The van der Waals surface area contributed by atoms with Crippen LogP contribution in [0.25, 0.3) is 11.1 Å². The summed E-state index contributed by atoms with van der Waals surface area (Å²) in [7, 11) is 0. The van der Waals surface area contributed by atoms with E-state index >= 15 is 0 Å². The monoisotopic (exact) mass is 573 g/mol. The molecule has 0 unspecified atom stereocenters. The first-order valence-electron chi connectivity index (χ1n) is 12.5. The van der Waals surface area contributed by atoms with E-state index in [1.807, 2.05) is 12.1 Å². The number of hydrogen-bond donors (Lipinski definition) is 4. The maximum absolute atomic E-state index is 12.7. The number of halogens is 1. The number of nitrogens with zero attached hydrogens (tertiary/aromatic N) is 2. The van der Waals surface area contributed by atoms with Gasteiger partial charge in [-0.25, -0.2) is 0 Å². The smallest absolute Gasteiger partial charge is 0.305 e. The highest BCUT2D eigenvalue weighted by Crippen LogP contribution is 2.27. The van der Waals surface area contributed by atoms with Gasteiger partial charge in [0, 0.05) is 11.8 Å². The number of nitrogens with one attached hydrogen (secondary N) is 3. The van der Waals surface area contributed by atoms with Crippen LogP contribution in [0.4, 0.5) is 17.4 Å². The molecule has 0 aliphatic carbocycles. The number of benzene rings is 3. The van der Waals surface area contributed by atoms with Crippen LogP contribution in [0.1, 0.15) is 39.8 Å². The lowest BCUT2D eigenvalue weighted by Gasteiger charge is -2.17. The summed E-state index contributed by atoms with van der Waals surface area (Å²) in [6.45, 7) is 1.65. The van der Waals surface area contributed by atoms with Crippen molar-refractivity contribution >= 4 is 57.9 Å². The second-order valence-corrected chi connectivity index (χ2v) is 9.63. The first-order chi connectivity index (χ1) is 19.7. The van der Waals surface area contributed by atoms with E-state index in [1.165, 1.54) is 6.07 Å². The van der Waals surface area contributed by atoms with Crippen molar-refractivity contribution in [2.75, 3.05) is 10.6 Å². The summed E-state index contributed by atoms with van der Waals surface area (Å²) in [5, 5.41) is 22.1. The number of hydrogen-bond acceptors (Lipinski definition) is 8. The van der Waals surface area contributed by atoms with Gasteiger partial charge in [-0.3, -0.25) is 14.4 Å². The van der Waals surface area contributed by atoms with Crippen molar-refractivity contribution in [3.8, 4) is 0 Å². The molecule has 12 heteroatoms. The Balaban J connectivity index is 1.22. The number of para-hydroxylation sites is 1. The molecule has 2 aromatic heterocycles. The minimum atomic E-state index is -1.08. The van der Waals surface area contributed by atoms with E-state index in [1.54, 1.807) is 61.5 Å². The number of carbonyl (C=O) groups excluding carboxylic acids is 2. The highest BCUT2D eigenvalue weighted by molar-refractivity contribution is 6.33. The molecule has 0 aliphatic rings. The molecule has 0 radical (unpaired) electrons. The molecule has 1 atom stereocenters. The van der Waals surface area contributed by atoms with E-state index in [0.29, 0.717) is 38.8 Å². The molecule has 5 rings (SSSR count). The highest BCUT2D eigenvalue weighted by Gasteiger charge is 2.21. The molecule has 2 heterocycles. The molecule has 4 N–H and O–H groups in total. The number of amides is 2. The predicted molar refractivity (Wildman–Crippen MR) is 151 cm³/mol. The number of carboxylic acid groups (broad SMARTS) is 1. The van der Waals surface area contributed by atoms with Crippen molar-refractivity contribution in [1.29, 1.82) is 0 Å². The molecule has 5 aromatic rings. The number of carboxylic acids is 1. The molecule has 11 nitrogen and oxygen atoms in total. The Bertz CT molecular complexity index is 1730. The second-order valence-electron chi connectivity index (χ2n) is 9.22. The van der Waals surface area contributed by atoms with Crippen molar-refractivity contribution in [3.63, 3.8) is 0 Å². The largest absolute Gasteiger partial charge is 0.481 e. The molecule has 2 amide bonds. The van der Waals surface area contributed by atoms with Gasteiger partial charge in [-0.2, -0.15) is 4.98 Å². The van der Waals surface area contributed by atoms with Crippen LogP contribution in [0.3, 0.4) is 0 Å². The number of anilines is 3. The fraction of sp³-hybridized carbons (Fsp3) is 0.138. The van der Waals surface area contributed by atoms with Crippen molar-refractivity contribution in [2.24, 2.45) is 0 Å². The predicted octanol–water partition coefficient (Wildman–Crippen LogP) is 5.65. The van der Waals surface area contributed by atoms with Crippen LogP contribution in [-0.4, -0.2) is 33.0 Å². The number of aromatic nitrogens is 2. The van der Waals surface area contributed by atoms with Gasteiger partial charge in [-0.1, -0.05) is 47.1 Å². The van der Waals surface area contributed by atoms with Crippen molar-refractivity contribution in [1.82, 2.24) is 15.5 Å². The number of aliphatic carboxylic acids is 1. The van der Waals surface area contributed by atoms with Gasteiger partial charge in [0.25, 0.3) is 11.9 Å². The van der Waals surface area contributed by atoms with Gasteiger partial charge in [-0.05, 0) is 54.4 Å². The van der Waals surface area contributed by atoms with Crippen LogP contribution in [-0.2, 0) is 16.0 Å². The van der Waals surface area contributed by atoms with E-state index in [-0.39, 0.29) is 30.5 Å². The topological polar surface area (TPSA) is 160 Å². The molecule has 0 saturated carbocycles. The Hall–Kier alpha value is -5.16. The van der Waals surface area contributed by atoms with Gasteiger partial charge >= 0.3 is 5.97 Å². The lowest BCUT2D eigenvalue weighted by Crippen LogP contribution is -2.30. The summed E-state index contributed by atoms with van der Waals surface area (Å²) in [5.74, 6) is -1.44. The quantitative estimate of drug-likeness (QED) is 0.165. The van der Waals surface area contributed by atoms with E-state index in [0.717, 1.165) is 5.56 Å². The SMILES string of the molecule is Cc1cc(C(=O)N[C@H](CC(=O)O)c2ccc(NC(=O)Cc3ccc4nc(Nc5ccccc5Cl)oc4c3)cc2)no1. The zero-order valence-electron chi connectivity index (χ0n) is 21.7. The van der Waals surface area contributed by atoms with Gasteiger partial charge in [0.15, 0.2) is 11.3 Å². The fourth-order valence-electron chi connectivity index (χ4n) is 4.13. The van der Waals surface area contributed by atoms with Crippen LogP contribution in [0.5, 0.6) is 0 Å². The van der Waals surface area contributed by atoms with Crippen molar-refractivity contribution < 1.29 is 28.4 Å². The van der Waals surface area contributed by atoms with Gasteiger partial charge in [0.2, 0.25) is 5.91 Å². The normalized spacial score (nSPS) is 11.7. The molecule has 41 heavy (non-hydrogen) atoms. The van der Waals surface area contributed by atoms with Crippen LogP contribution in [0.15, 0.2) is 81.7 Å². The summed E-state index contributed by atoms with van der Waals surface area (Å²) in [6, 6.07) is 20.0. The number of carbonyl (C=O) groups is 3. The Morgan fingerprint density at radius 2 is 1.80 bits per heavy atom. The molecule has 0 saturated heterocycles. The lowest BCUT2D eigenvalue weighted by atomic mass is 10.0.